The standard InChI is InChI=1S/C16H32O4/c1-3-10-18-13-8-9-14-19-11-6-5-7-12-20-16-15-17-4-2/h1-16H2. The molecular formula is C16H32O4. The molecule has 0 aliphatic heterocycles. The first kappa shape index (κ1) is 19.8. The zero-order chi connectivity index (χ0) is 14.7. The fourth-order valence-corrected chi connectivity index (χ4v) is 1.62. The zero-order valence-electron chi connectivity index (χ0n) is 12.9. The number of ether oxygens (including phenoxy) is 4. The molecule has 0 atom stereocenters. The average molecular weight is 288 g/mol. The molecule has 0 aliphatic carbocycles. The lowest BCUT2D eigenvalue weighted by atomic mass is 10.2. The van der Waals surface area contributed by atoms with Crippen molar-refractivity contribution >= 4 is 0 Å². The van der Waals surface area contributed by atoms with Crippen molar-refractivity contribution in [1.29, 1.82) is 0 Å². The van der Waals surface area contributed by atoms with Crippen molar-refractivity contribution in [2.45, 2.75) is 38.5 Å². The Bertz CT molecular complexity index is 147. The van der Waals surface area contributed by atoms with Gasteiger partial charge in [0.2, 0.25) is 0 Å². The van der Waals surface area contributed by atoms with E-state index < -0.39 is 0 Å². The maximum atomic E-state index is 5.56. The molecule has 0 aromatic carbocycles. The molecule has 0 rings (SSSR count). The van der Waals surface area contributed by atoms with Gasteiger partial charge in [-0.15, -0.1) is 0 Å². The normalized spacial score (nSPS) is 11.1. The zero-order valence-corrected chi connectivity index (χ0v) is 12.9. The molecule has 0 bridgehead atoms. The molecule has 4 nitrogen and oxygen atoms in total. The van der Waals surface area contributed by atoms with E-state index >= 15 is 0 Å². The second-order valence-electron chi connectivity index (χ2n) is 4.57. The number of rotatable bonds is 17. The second kappa shape index (κ2) is 18.8. The molecule has 0 fully saturated rings. The summed E-state index contributed by atoms with van der Waals surface area (Å²) in [6.45, 7) is 13.2. The Morgan fingerprint density at radius 2 is 0.900 bits per heavy atom. The Kier molecular flexibility index (Phi) is 18.7. The molecule has 120 valence electrons. The van der Waals surface area contributed by atoms with Crippen molar-refractivity contribution in [3.05, 3.63) is 13.8 Å². The van der Waals surface area contributed by atoms with Gasteiger partial charge in [-0.2, -0.15) is 0 Å². The molecule has 0 N–H and O–H groups in total. The second-order valence-corrected chi connectivity index (χ2v) is 4.57. The van der Waals surface area contributed by atoms with Crippen LogP contribution >= 0.6 is 0 Å². The molecule has 0 unspecified atom stereocenters. The lowest BCUT2D eigenvalue weighted by molar-refractivity contribution is 0.0548. The number of hydrogen-bond acceptors (Lipinski definition) is 4. The molecule has 20 heavy (non-hydrogen) atoms. The van der Waals surface area contributed by atoms with Gasteiger partial charge in [0.1, 0.15) is 0 Å². The van der Waals surface area contributed by atoms with Crippen LogP contribution in [0.3, 0.4) is 0 Å². The van der Waals surface area contributed by atoms with Crippen LogP contribution in [0.1, 0.15) is 38.5 Å². The number of unbranched alkanes of at least 4 members (excludes halogenated alkanes) is 3. The van der Waals surface area contributed by atoms with Gasteiger partial charge in [-0.3, -0.25) is 0 Å². The molecule has 4 heteroatoms. The van der Waals surface area contributed by atoms with E-state index in [-0.39, 0.29) is 0 Å². The van der Waals surface area contributed by atoms with Crippen molar-refractivity contribution in [2.24, 2.45) is 0 Å². The van der Waals surface area contributed by atoms with Crippen LogP contribution < -0.4 is 0 Å². The molecule has 0 aromatic heterocycles. The summed E-state index contributed by atoms with van der Waals surface area (Å²) in [6.07, 6.45) is 6.35. The molecular weight excluding hydrogens is 256 g/mol. The largest absolute Gasteiger partial charge is 0.381 e. The third kappa shape index (κ3) is 17.8. The molecule has 0 heterocycles. The summed E-state index contributed by atoms with van der Waals surface area (Å²) in [5, 5.41) is 0. The SMILES string of the molecule is [CH2]CCOCCCCOCCCCCOCCOC[CH2]. The van der Waals surface area contributed by atoms with E-state index in [1.807, 2.05) is 0 Å². The predicted molar refractivity (Wildman–Crippen MR) is 81.7 cm³/mol. The van der Waals surface area contributed by atoms with Gasteiger partial charge in [0.25, 0.3) is 0 Å². The van der Waals surface area contributed by atoms with Crippen LogP contribution in [-0.2, 0) is 18.9 Å². The Morgan fingerprint density at radius 1 is 0.450 bits per heavy atom. The fraction of sp³-hybridized carbons (Fsp3) is 0.875. The molecule has 0 aromatic rings. The van der Waals surface area contributed by atoms with Crippen LogP contribution in [0.5, 0.6) is 0 Å². The average Bonchev–Trinajstić information content (AvgIpc) is 2.47. The van der Waals surface area contributed by atoms with Crippen LogP contribution in [0.15, 0.2) is 0 Å². The third-order valence-electron chi connectivity index (χ3n) is 2.71. The maximum Gasteiger partial charge on any atom is 0.0700 e. The molecule has 0 saturated heterocycles. The van der Waals surface area contributed by atoms with E-state index in [2.05, 4.69) is 13.8 Å². The summed E-state index contributed by atoms with van der Waals surface area (Å²) >= 11 is 0. The van der Waals surface area contributed by atoms with E-state index in [0.29, 0.717) is 19.8 Å². The first-order chi connectivity index (χ1) is 9.91. The Morgan fingerprint density at radius 3 is 1.45 bits per heavy atom. The van der Waals surface area contributed by atoms with Crippen molar-refractivity contribution in [2.75, 3.05) is 52.9 Å². The van der Waals surface area contributed by atoms with Crippen LogP contribution in [0, 0.1) is 13.8 Å². The first-order valence-electron chi connectivity index (χ1n) is 7.81. The highest BCUT2D eigenvalue weighted by molar-refractivity contribution is 4.43. The van der Waals surface area contributed by atoms with Gasteiger partial charge in [0.15, 0.2) is 0 Å². The highest BCUT2D eigenvalue weighted by atomic mass is 16.5. The van der Waals surface area contributed by atoms with Crippen molar-refractivity contribution < 1.29 is 18.9 Å². The fourth-order valence-electron chi connectivity index (χ4n) is 1.62. The monoisotopic (exact) mass is 288 g/mol. The van der Waals surface area contributed by atoms with E-state index in [1.165, 1.54) is 0 Å². The Balaban J connectivity index is 2.89. The van der Waals surface area contributed by atoms with E-state index in [1.54, 1.807) is 0 Å². The van der Waals surface area contributed by atoms with Crippen LogP contribution in [0.2, 0.25) is 0 Å². The highest BCUT2D eigenvalue weighted by Gasteiger charge is 1.93. The van der Waals surface area contributed by atoms with Crippen LogP contribution in [0.4, 0.5) is 0 Å². The van der Waals surface area contributed by atoms with Gasteiger partial charge in [0, 0.05) is 39.6 Å². The molecule has 0 spiro atoms. The Labute approximate surface area is 125 Å². The minimum atomic E-state index is 0.517. The van der Waals surface area contributed by atoms with Gasteiger partial charge < -0.3 is 18.9 Å². The van der Waals surface area contributed by atoms with Crippen LogP contribution in [0.25, 0.3) is 0 Å². The molecule has 0 saturated carbocycles. The third-order valence-corrected chi connectivity index (χ3v) is 2.71. The first-order valence-corrected chi connectivity index (χ1v) is 7.81. The summed E-state index contributed by atoms with van der Waals surface area (Å²) in [5.41, 5.74) is 0. The Hall–Kier alpha value is -0.160. The highest BCUT2D eigenvalue weighted by Crippen LogP contribution is 1.98. The summed E-state index contributed by atoms with van der Waals surface area (Å²) < 4.78 is 21.4. The molecule has 0 aliphatic rings. The van der Waals surface area contributed by atoms with E-state index in [9.17, 15) is 0 Å². The van der Waals surface area contributed by atoms with E-state index in [0.717, 1.165) is 71.6 Å². The summed E-state index contributed by atoms with van der Waals surface area (Å²) in [4.78, 5) is 0. The lowest BCUT2D eigenvalue weighted by Crippen LogP contribution is -2.05. The number of hydrogen-bond donors (Lipinski definition) is 0. The van der Waals surface area contributed by atoms with Crippen molar-refractivity contribution in [3.8, 4) is 0 Å². The van der Waals surface area contributed by atoms with Crippen LogP contribution in [-0.4, -0.2) is 52.9 Å². The van der Waals surface area contributed by atoms with Crippen molar-refractivity contribution in [3.63, 3.8) is 0 Å². The summed E-state index contributed by atoms with van der Waals surface area (Å²) in [5.74, 6) is 0. The van der Waals surface area contributed by atoms with Gasteiger partial charge in [0.05, 0.1) is 13.2 Å². The molecule has 0 amide bonds. The summed E-state index contributed by atoms with van der Waals surface area (Å²) in [7, 11) is 0. The van der Waals surface area contributed by atoms with Gasteiger partial charge >= 0.3 is 0 Å². The van der Waals surface area contributed by atoms with Gasteiger partial charge in [-0.25, -0.2) is 0 Å². The maximum absolute atomic E-state index is 5.56. The van der Waals surface area contributed by atoms with Gasteiger partial charge in [-0.1, -0.05) is 6.92 Å². The lowest BCUT2D eigenvalue weighted by Gasteiger charge is -2.06. The topological polar surface area (TPSA) is 36.9 Å². The molecule has 2 radical (unpaired) electrons. The van der Waals surface area contributed by atoms with Crippen molar-refractivity contribution in [1.82, 2.24) is 0 Å². The minimum Gasteiger partial charge on any atom is -0.381 e. The predicted octanol–water partition coefficient (Wildman–Crippen LogP) is 3.06. The summed E-state index contributed by atoms with van der Waals surface area (Å²) in [6, 6.07) is 0. The smallest absolute Gasteiger partial charge is 0.0700 e. The minimum absolute atomic E-state index is 0.517. The van der Waals surface area contributed by atoms with Gasteiger partial charge in [-0.05, 0) is 45.4 Å². The van der Waals surface area contributed by atoms with E-state index in [4.69, 9.17) is 18.9 Å². The quantitative estimate of drug-likeness (QED) is 0.385.